The minimum absolute atomic E-state index is 0.0720. The van der Waals surface area contributed by atoms with Crippen LogP contribution in [0, 0.1) is 5.82 Å². The number of aromatic nitrogens is 4. The maximum atomic E-state index is 13.0. The monoisotopic (exact) mass is 410 g/mol. The highest BCUT2D eigenvalue weighted by molar-refractivity contribution is 5.81. The zero-order valence-electron chi connectivity index (χ0n) is 16.7. The van der Waals surface area contributed by atoms with E-state index in [2.05, 4.69) is 15.1 Å². The Kier molecular flexibility index (Phi) is 4.72. The second-order valence-corrected chi connectivity index (χ2v) is 7.82. The summed E-state index contributed by atoms with van der Waals surface area (Å²) in [5, 5.41) is 13.2. The van der Waals surface area contributed by atoms with Crippen molar-refractivity contribution >= 4 is 17.4 Å². The van der Waals surface area contributed by atoms with Gasteiger partial charge in [0.05, 0.1) is 0 Å². The molecule has 2 fully saturated rings. The van der Waals surface area contributed by atoms with E-state index in [1.165, 1.54) is 24.3 Å². The van der Waals surface area contributed by atoms with Crippen LogP contribution in [0.4, 0.5) is 10.2 Å². The maximum absolute atomic E-state index is 13.0. The Labute approximate surface area is 173 Å². The van der Waals surface area contributed by atoms with Gasteiger partial charge in [-0.2, -0.15) is 4.52 Å². The van der Waals surface area contributed by atoms with Gasteiger partial charge >= 0.3 is 0 Å². The normalized spacial score (nSPS) is 17.9. The van der Waals surface area contributed by atoms with E-state index in [0.717, 1.165) is 30.1 Å². The van der Waals surface area contributed by atoms with Crippen molar-refractivity contribution in [3.8, 4) is 5.75 Å². The first-order valence-corrected chi connectivity index (χ1v) is 10.3. The van der Waals surface area contributed by atoms with Crippen molar-refractivity contribution < 1.29 is 13.9 Å². The summed E-state index contributed by atoms with van der Waals surface area (Å²) in [5.74, 6) is 2.35. The molecule has 2 aliphatic rings. The Morgan fingerprint density at radius 1 is 1.07 bits per heavy atom. The molecule has 0 N–H and O–H groups in total. The molecule has 30 heavy (non-hydrogen) atoms. The first-order chi connectivity index (χ1) is 14.6. The molecule has 0 unspecified atom stereocenters. The van der Waals surface area contributed by atoms with Crippen LogP contribution in [0.5, 0.6) is 5.75 Å². The Morgan fingerprint density at radius 3 is 2.50 bits per heavy atom. The lowest BCUT2D eigenvalue weighted by atomic mass is 10.2. The lowest BCUT2D eigenvalue weighted by Crippen LogP contribution is -2.52. The van der Waals surface area contributed by atoms with Gasteiger partial charge in [-0.25, -0.2) is 4.39 Å². The highest BCUT2D eigenvalue weighted by Crippen LogP contribution is 2.38. The molecule has 1 aliphatic heterocycles. The van der Waals surface area contributed by atoms with Crippen molar-refractivity contribution in [2.24, 2.45) is 0 Å². The molecule has 1 aliphatic carbocycles. The van der Waals surface area contributed by atoms with Gasteiger partial charge in [-0.05, 0) is 56.2 Å². The zero-order chi connectivity index (χ0) is 20.7. The molecule has 1 atom stereocenters. The number of piperazine rings is 1. The van der Waals surface area contributed by atoms with Crippen LogP contribution in [0.15, 0.2) is 36.4 Å². The molecule has 1 amide bonds. The van der Waals surface area contributed by atoms with Crippen molar-refractivity contribution in [1.29, 1.82) is 0 Å². The van der Waals surface area contributed by atoms with Crippen LogP contribution >= 0.6 is 0 Å². The number of carbonyl (C=O) groups excluding carboxylic acids is 1. The molecule has 3 aromatic rings. The summed E-state index contributed by atoms with van der Waals surface area (Å²) < 4.78 is 20.6. The Balaban J connectivity index is 1.21. The predicted molar refractivity (Wildman–Crippen MR) is 108 cm³/mol. The molecule has 5 rings (SSSR count). The number of anilines is 1. The average molecular weight is 410 g/mol. The van der Waals surface area contributed by atoms with Crippen LogP contribution in [-0.2, 0) is 4.79 Å². The molecule has 1 saturated carbocycles. The molecule has 0 bridgehead atoms. The van der Waals surface area contributed by atoms with E-state index in [4.69, 9.17) is 9.84 Å². The van der Waals surface area contributed by atoms with Gasteiger partial charge < -0.3 is 14.5 Å². The van der Waals surface area contributed by atoms with Gasteiger partial charge in [-0.1, -0.05) is 0 Å². The lowest BCUT2D eigenvalue weighted by molar-refractivity contribution is -0.138. The van der Waals surface area contributed by atoms with E-state index in [0.29, 0.717) is 37.8 Å². The number of ether oxygens (including phenoxy) is 1. The number of benzene rings is 1. The number of fused-ring (bicyclic) bond motifs is 1. The number of hydrogen-bond donors (Lipinski definition) is 0. The summed E-state index contributed by atoms with van der Waals surface area (Å²) in [6, 6.07) is 9.59. The average Bonchev–Trinajstić information content (AvgIpc) is 3.53. The summed E-state index contributed by atoms with van der Waals surface area (Å²) in [7, 11) is 0. The quantitative estimate of drug-likeness (QED) is 0.642. The zero-order valence-corrected chi connectivity index (χ0v) is 16.7. The highest BCUT2D eigenvalue weighted by atomic mass is 19.1. The van der Waals surface area contributed by atoms with Crippen molar-refractivity contribution in [3.05, 3.63) is 48.0 Å². The van der Waals surface area contributed by atoms with Gasteiger partial charge in [0.25, 0.3) is 5.91 Å². The molecule has 0 spiro atoms. The molecule has 2 aromatic heterocycles. The van der Waals surface area contributed by atoms with E-state index in [1.807, 2.05) is 16.6 Å². The minimum Gasteiger partial charge on any atom is -0.481 e. The number of carbonyl (C=O) groups is 1. The van der Waals surface area contributed by atoms with E-state index < -0.39 is 6.10 Å². The summed E-state index contributed by atoms with van der Waals surface area (Å²) in [4.78, 5) is 16.7. The van der Waals surface area contributed by atoms with Crippen molar-refractivity contribution in [2.75, 3.05) is 31.1 Å². The maximum Gasteiger partial charge on any atom is 0.263 e. The summed E-state index contributed by atoms with van der Waals surface area (Å²) >= 11 is 0. The Hall–Kier alpha value is -3.23. The molecule has 156 valence electrons. The van der Waals surface area contributed by atoms with Crippen LogP contribution in [0.1, 0.15) is 31.5 Å². The standard InChI is InChI=1S/C21H23FN6O2/c1-14(30-17-6-4-16(22)5-7-17)21(29)27-12-10-26(11-13-27)19-9-8-18-23-24-20(15-2-3-15)28(18)25-19/h4-9,14-15H,2-3,10-13H2,1H3/t14-/m1/s1. The van der Waals surface area contributed by atoms with Crippen LogP contribution in [-0.4, -0.2) is 62.9 Å². The number of halogens is 1. The molecule has 1 saturated heterocycles. The number of hydrogen-bond acceptors (Lipinski definition) is 6. The molecule has 3 heterocycles. The third kappa shape index (κ3) is 3.67. The van der Waals surface area contributed by atoms with E-state index in [1.54, 1.807) is 11.8 Å². The van der Waals surface area contributed by atoms with Gasteiger partial charge in [0.2, 0.25) is 0 Å². The second-order valence-electron chi connectivity index (χ2n) is 7.82. The Morgan fingerprint density at radius 2 is 1.80 bits per heavy atom. The predicted octanol–water partition coefficient (Wildman–Crippen LogP) is 2.26. The smallest absolute Gasteiger partial charge is 0.263 e. The largest absolute Gasteiger partial charge is 0.481 e. The summed E-state index contributed by atoms with van der Waals surface area (Å²) in [5.41, 5.74) is 0.765. The van der Waals surface area contributed by atoms with Crippen molar-refractivity contribution in [3.63, 3.8) is 0 Å². The molecule has 0 radical (unpaired) electrons. The lowest BCUT2D eigenvalue weighted by Gasteiger charge is -2.36. The van der Waals surface area contributed by atoms with Gasteiger partial charge in [-0.15, -0.1) is 15.3 Å². The van der Waals surface area contributed by atoms with Gasteiger partial charge in [0.15, 0.2) is 17.6 Å². The molecule has 9 heteroatoms. The van der Waals surface area contributed by atoms with Crippen molar-refractivity contribution in [1.82, 2.24) is 24.7 Å². The third-order valence-corrected chi connectivity index (χ3v) is 5.60. The molecule has 1 aromatic carbocycles. The van der Waals surface area contributed by atoms with E-state index in [9.17, 15) is 9.18 Å². The number of rotatable bonds is 5. The SMILES string of the molecule is C[C@@H](Oc1ccc(F)cc1)C(=O)N1CCN(c2ccc3nnc(C4CC4)n3n2)CC1. The first kappa shape index (κ1) is 18.8. The highest BCUT2D eigenvalue weighted by Gasteiger charge is 2.30. The van der Waals surface area contributed by atoms with Crippen LogP contribution in [0.25, 0.3) is 5.65 Å². The fourth-order valence-corrected chi connectivity index (χ4v) is 3.74. The van der Waals surface area contributed by atoms with Crippen LogP contribution < -0.4 is 9.64 Å². The first-order valence-electron chi connectivity index (χ1n) is 10.3. The molecular weight excluding hydrogens is 387 g/mol. The van der Waals surface area contributed by atoms with Gasteiger partial charge in [-0.3, -0.25) is 4.79 Å². The van der Waals surface area contributed by atoms with E-state index >= 15 is 0 Å². The van der Waals surface area contributed by atoms with E-state index in [-0.39, 0.29) is 11.7 Å². The second kappa shape index (κ2) is 7.55. The van der Waals surface area contributed by atoms with Gasteiger partial charge in [0.1, 0.15) is 17.4 Å². The topological polar surface area (TPSA) is 75.9 Å². The third-order valence-electron chi connectivity index (χ3n) is 5.60. The van der Waals surface area contributed by atoms with Crippen LogP contribution in [0.3, 0.4) is 0 Å². The minimum atomic E-state index is -0.630. The molecular formula is C21H23FN6O2. The van der Waals surface area contributed by atoms with Crippen molar-refractivity contribution in [2.45, 2.75) is 31.8 Å². The van der Waals surface area contributed by atoms with Crippen LogP contribution in [0.2, 0.25) is 0 Å². The number of amides is 1. The summed E-state index contributed by atoms with van der Waals surface area (Å²) in [6.45, 7) is 4.28. The fourth-order valence-electron chi connectivity index (χ4n) is 3.74. The Bertz CT molecular complexity index is 1060. The summed E-state index contributed by atoms with van der Waals surface area (Å²) in [6.07, 6.45) is 1.66. The number of nitrogens with zero attached hydrogens (tertiary/aromatic N) is 6. The van der Waals surface area contributed by atoms with Gasteiger partial charge in [0, 0.05) is 32.1 Å². The fraction of sp³-hybridized carbons (Fsp3) is 0.429. The molecule has 8 nitrogen and oxygen atoms in total.